The van der Waals surface area contributed by atoms with Gasteiger partial charge in [0.15, 0.2) is 6.10 Å². The molecule has 1 rings (SSSR count). The largest absolute Gasteiger partial charge is 0.481 e. The maximum atomic E-state index is 11.8. The molecule has 1 unspecified atom stereocenters. The van der Waals surface area contributed by atoms with Crippen molar-refractivity contribution in [1.29, 1.82) is 0 Å². The fourth-order valence-electron chi connectivity index (χ4n) is 1.63. The first kappa shape index (κ1) is 16.0. The molecule has 0 spiro atoms. The maximum absolute atomic E-state index is 11.8. The van der Waals surface area contributed by atoms with E-state index in [1.165, 1.54) is 0 Å². The Hall–Kier alpha value is -2.04. The molecule has 0 aliphatic rings. The van der Waals surface area contributed by atoms with Gasteiger partial charge in [-0.15, -0.1) is 0 Å². The van der Waals surface area contributed by atoms with Crippen LogP contribution in [0.3, 0.4) is 0 Å². The smallest absolute Gasteiger partial charge is 0.261 e. The summed E-state index contributed by atoms with van der Waals surface area (Å²) in [4.78, 5) is 23.2. The minimum atomic E-state index is -0.649. The number of aryl methyl sites for hydroxylation is 1. The van der Waals surface area contributed by atoms with E-state index in [0.29, 0.717) is 5.75 Å². The van der Waals surface area contributed by atoms with Gasteiger partial charge in [0.05, 0.1) is 6.54 Å². The Balaban J connectivity index is 2.41. The first-order valence-corrected chi connectivity index (χ1v) is 6.69. The van der Waals surface area contributed by atoms with Gasteiger partial charge in [-0.25, -0.2) is 0 Å². The molecule has 1 aromatic carbocycles. The quantitative estimate of drug-likeness (QED) is 0.826. The Morgan fingerprint density at radius 1 is 1.25 bits per heavy atom. The molecule has 2 N–H and O–H groups in total. The van der Waals surface area contributed by atoms with Crippen molar-refractivity contribution < 1.29 is 14.3 Å². The summed E-state index contributed by atoms with van der Waals surface area (Å²) in [5.41, 5.74) is 1.06. The molecule has 5 heteroatoms. The lowest BCUT2D eigenvalue weighted by atomic mass is 10.2. The number of carbonyl (C=O) groups is 2. The molecule has 5 nitrogen and oxygen atoms in total. The van der Waals surface area contributed by atoms with Gasteiger partial charge >= 0.3 is 0 Å². The van der Waals surface area contributed by atoms with Crippen molar-refractivity contribution >= 4 is 11.8 Å². The molecule has 110 valence electrons. The summed E-state index contributed by atoms with van der Waals surface area (Å²) in [5.74, 6) is 0.112. The van der Waals surface area contributed by atoms with Gasteiger partial charge in [-0.05, 0) is 45.4 Å². The predicted molar refractivity (Wildman–Crippen MR) is 77.6 cm³/mol. The number of hydrogen-bond acceptors (Lipinski definition) is 3. The SMILES string of the molecule is Cc1cccc(OC(C)C(=O)NCC(=O)NC(C)C)c1. The standard InChI is InChI=1S/C15H22N2O3/c1-10(2)17-14(18)9-16-15(19)12(4)20-13-7-5-6-11(3)8-13/h5-8,10,12H,9H2,1-4H3,(H,16,19)(H,17,18). The molecule has 1 aromatic rings. The molecule has 0 heterocycles. The number of amides is 2. The molecule has 0 aliphatic carbocycles. The van der Waals surface area contributed by atoms with Crippen LogP contribution in [0, 0.1) is 6.92 Å². The van der Waals surface area contributed by atoms with Crippen LogP contribution in [0.1, 0.15) is 26.3 Å². The minimum absolute atomic E-state index is 0.0431. The van der Waals surface area contributed by atoms with Gasteiger partial charge in [0.2, 0.25) is 5.91 Å². The van der Waals surface area contributed by atoms with Gasteiger partial charge in [0, 0.05) is 6.04 Å². The first-order valence-electron chi connectivity index (χ1n) is 6.69. The number of nitrogens with one attached hydrogen (secondary N) is 2. The second-order valence-electron chi connectivity index (χ2n) is 5.02. The normalized spacial score (nSPS) is 11.8. The van der Waals surface area contributed by atoms with E-state index in [1.807, 2.05) is 39.0 Å². The van der Waals surface area contributed by atoms with Gasteiger partial charge < -0.3 is 15.4 Å². The van der Waals surface area contributed by atoms with Crippen LogP contribution < -0.4 is 15.4 Å². The van der Waals surface area contributed by atoms with Gasteiger partial charge in [0.25, 0.3) is 5.91 Å². The predicted octanol–water partition coefficient (Wildman–Crippen LogP) is 1.40. The summed E-state index contributed by atoms with van der Waals surface area (Å²) in [6.07, 6.45) is -0.649. The summed E-state index contributed by atoms with van der Waals surface area (Å²) >= 11 is 0. The number of ether oxygens (including phenoxy) is 1. The van der Waals surface area contributed by atoms with Crippen LogP contribution in [0.15, 0.2) is 24.3 Å². The molecule has 1 atom stereocenters. The zero-order valence-electron chi connectivity index (χ0n) is 12.4. The van der Waals surface area contributed by atoms with Crippen LogP contribution in [0.2, 0.25) is 0 Å². The van der Waals surface area contributed by atoms with Gasteiger partial charge in [-0.1, -0.05) is 12.1 Å². The lowest BCUT2D eigenvalue weighted by Crippen LogP contribution is -2.43. The molecular formula is C15H22N2O3. The Morgan fingerprint density at radius 3 is 2.55 bits per heavy atom. The van der Waals surface area contributed by atoms with E-state index in [2.05, 4.69) is 10.6 Å². The maximum Gasteiger partial charge on any atom is 0.261 e. The van der Waals surface area contributed by atoms with Gasteiger partial charge in [0.1, 0.15) is 5.75 Å². The molecule has 0 radical (unpaired) electrons. The fourth-order valence-corrected chi connectivity index (χ4v) is 1.63. The van der Waals surface area contributed by atoms with Crippen molar-refractivity contribution in [2.24, 2.45) is 0 Å². The highest BCUT2D eigenvalue weighted by molar-refractivity contribution is 5.86. The van der Waals surface area contributed by atoms with Crippen LogP contribution >= 0.6 is 0 Å². The highest BCUT2D eigenvalue weighted by Gasteiger charge is 2.15. The summed E-state index contributed by atoms with van der Waals surface area (Å²) in [7, 11) is 0. The van der Waals surface area contributed by atoms with Crippen LogP contribution in [0.25, 0.3) is 0 Å². The highest BCUT2D eigenvalue weighted by atomic mass is 16.5. The van der Waals surface area contributed by atoms with Gasteiger partial charge in [-0.3, -0.25) is 9.59 Å². The van der Waals surface area contributed by atoms with Crippen molar-refractivity contribution in [3.8, 4) is 5.75 Å². The van der Waals surface area contributed by atoms with Crippen LogP contribution in [-0.2, 0) is 9.59 Å². The topological polar surface area (TPSA) is 67.4 Å². The van der Waals surface area contributed by atoms with Crippen LogP contribution in [0.4, 0.5) is 0 Å². The molecule has 2 amide bonds. The van der Waals surface area contributed by atoms with E-state index in [9.17, 15) is 9.59 Å². The lowest BCUT2D eigenvalue weighted by molar-refractivity contribution is -0.130. The van der Waals surface area contributed by atoms with Crippen molar-refractivity contribution in [3.05, 3.63) is 29.8 Å². The Bertz CT molecular complexity index is 472. The first-order chi connectivity index (χ1) is 9.38. The molecule has 0 aliphatic heterocycles. The fraction of sp³-hybridized carbons (Fsp3) is 0.467. The molecular weight excluding hydrogens is 256 g/mol. The molecule has 0 saturated heterocycles. The molecule has 0 aromatic heterocycles. The number of hydrogen-bond donors (Lipinski definition) is 2. The van der Waals surface area contributed by atoms with E-state index in [-0.39, 0.29) is 24.4 Å². The molecule has 0 fully saturated rings. The zero-order valence-corrected chi connectivity index (χ0v) is 12.4. The van der Waals surface area contributed by atoms with Gasteiger partial charge in [-0.2, -0.15) is 0 Å². The second kappa shape index (κ2) is 7.53. The average Bonchev–Trinajstić information content (AvgIpc) is 2.35. The van der Waals surface area contributed by atoms with E-state index in [1.54, 1.807) is 13.0 Å². The summed E-state index contributed by atoms with van der Waals surface area (Å²) in [5, 5.41) is 5.25. The number of carbonyl (C=O) groups excluding carboxylic acids is 2. The third-order valence-corrected chi connectivity index (χ3v) is 2.54. The number of rotatable bonds is 6. The highest BCUT2D eigenvalue weighted by Crippen LogP contribution is 2.14. The van der Waals surface area contributed by atoms with Crippen LogP contribution in [-0.4, -0.2) is 30.5 Å². The third-order valence-electron chi connectivity index (χ3n) is 2.54. The van der Waals surface area contributed by atoms with Crippen molar-refractivity contribution in [2.75, 3.05) is 6.54 Å². The van der Waals surface area contributed by atoms with Crippen molar-refractivity contribution in [3.63, 3.8) is 0 Å². The number of benzene rings is 1. The van der Waals surface area contributed by atoms with Crippen molar-refractivity contribution in [1.82, 2.24) is 10.6 Å². The monoisotopic (exact) mass is 278 g/mol. The average molecular weight is 278 g/mol. The summed E-state index contributed by atoms with van der Waals surface area (Å²) in [6.45, 7) is 7.29. The second-order valence-corrected chi connectivity index (χ2v) is 5.02. The minimum Gasteiger partial charge on any atom is -0.481 e. The van der Waals surface area contributed by atoms with E-state index in [0.717, 1.165) is 5.56 Å². The Morgan fingerprint density at radius 2 is 1.95 bits per heavy atom. The molecule has 0 saturated carbocycles. The summed E-state index contributed by atoms with van der Waals surface area (Å²) < 4.78 is 5.53. The molecule has 0 bridgehead atoms. The lowest BCUT2D eigenvalue weighted by Gasteiger charge is -2.15. The third kappa shape index (κ3) is 5.73. The van der Waals surface area contributed by atoms with E-state index < -0.39 is 6.10 Å². The van der Waals surface area contributed by atoms with E-state index in [4.69, 9.17) is 4.74 Å². The summed E-state index contributed by atoms with van der Waals surface area (Å²) in [6, 6.07) is 7.52. The van der Waals surface area contributed by atoms with E-state index >= 15 is 0 Å². The zero-order chi connectivity index (χ0) is 15.1. The van der Waals surface area contributed by atoms with Crippen LogP contribution in [0.5, 0.6) is 5.75 Å². The molecule has 20 heavy (non-hydrogen) atoms. The Labute approximate surface area is 119 Å². The van der Waals surface area contributed by atoms with Crippen molar-refractivity contribution in [2.45, 2.75) is 39.8 Å². The Kier molecular flexibility index (Phi) is 6.03.